The summed E-state index contributed by atoms with van der Waals surface area (Å²) in [6.07, 6.45) is 11.0. The van der Waals surface area contributed by atoms with Gasteiger partial charge in [0, 0.05) is 43.8 Å². The van der Waals surface area contributed by atoms with Gasteiger partial charge in [0.05, 0.1) is 24.5 Å². The van der Waals surface area contributed by atoms with Crippen LogP contribution in [0.1, 0.15) is 56.3 Å². The Bertz CT molecular complexity index is 1580. The molecule has 0 aliphatic carbocycles. The third-order valence-electron chi connectivity index (χ3n) is 7.14. The second-order valence-electron chi connectivity index (χ2n) is 9.96. The number of carbonyl (C=O) groups is 1. The number of imidazole rings is 1. The van der Waals surface area contributed by atoms with Crippen molar-refractivity contribution in [2.75, 3.05) is 19.0 Å². The third-order valence-corrected chi connectivity index (χ3v) is 7.14. The lowest BCUT2D eigenvalue weighted by molar-refractivity contribution is 0.0931. The topological polar surface area (TPSA) is 99.4 Å². The zero-order valence-electron chi connectivity index (χ0n) is 23.0. The van der Waals surface area contributed by atoms with Crippen molar-refractivity contribution in [3.8, 4) is 22.9 Å². The van der Waals surface area contributed by atoms with E-state index in [1.807, 2.05) is 10.8 Å². The summed E-state index contributed by atoms with van der Waals surface area (Å²) in [4.78, 5) is 31.1. The van der Waals surface area contributed by atoms with Crippen LogP contribution in [-0.4, -0.2) is 39.7 Å². The molecule has 0 bridgehead atoms. The number of hydrogen-bond acceptors (Lipinski definition) is 6. The van der Waals surface area contributed by atoms with Gasteiger partial charge in [-0.15, -0.1) is 0 Å². The van der Waals surface area contributed by atoms with Gasteiger partial charge in [0.2, 0.25) is 5.43 Å². The summed E-state index contributed by atoms with van der Waals surface area (Å²) in [5.41, 5.74) is 0.589. The zero-order chi connectivity index (χ0) is 28.2. The summed E-state index contributed by atoms with van der Waals surface area (Å²) in [5.74, 6) is 0.0771. The van der Waals surface area contributed by atoms with Crippen LogP contribution in [0.25, 0.3) is 16.6 Å². The molecule has 10 heteroatoms. The van der Waals surface area contributed by atoms with E-state index < -0.39 is 17.2 Å². The first-order valence-electron chi connectivity index (χ1n) is 13.7. The van der Waals surface area contributed by atoms with Gasteiger partial charge in [-0.1, -0.05) is 26.7 Å². The molecule has 40 heavy (non-hydrogen) atoms. The molecule has 3 heterocycles. The minimum atomic E-state index is -0.632. The molecule has 2 aromatic carbocycles. The summed E-state index contributed by atoms with van der Waals surface area (Å²) in [6.45, 7) is 5.28. The summed E-state index contributed by atoms with van der Waals surface area (Å²) < 4.78 is 30.9. The van der Waals surface area contributed by atoms with Gasteiger partial charge in [-0.2, -0.15) is 0 Å². The van der Waals surface area contributed by atoms with Gasteiger partial charge in [-0.3, -0.25) is 9.59 Å². The van der Waals surface area contributed by atoms with E-state index in [1.165, 1.54) is 12.3 Å². The first-order valence-corrected chi connectivity index (χ1v) is 13.7. The molecule has 0 atom stereocenters. The van der Waals surface area contributed by atoms with Crippen molar-refractivity contribution in [3.63, 3.8) is 0 Å². The number of carbonyl (C=O) groups excluding carboxylic acids is 1. The molecule has 0 saturated heterocycles. The monoisotopic (exact) mass is 547 g/mol. The number of anilines is 1. The first-order chi connectivity index (χ1) is 19.4. The maximum Gasteiger partial charge on any atom is 0.257 e. The summed E-state index contributed by atoms with van der Waals surface area (Å²) in [6, 6.07) is 6.42. The summed E-state index contributed by atoms with van der Waals surface area (Å²) >= 11 is 0. The molecule has 0 saturated carbocycles. The Kier molecular flexibility index (Phi) is 8.04. The van der Waals surface area contributed by atoms with E-state index in [9.17, 15) is 9.59 Å². The highest BCUT2D eigenvalue weighted by atomic mass is 19.1. The van der Waals surface area contributed by atoms with Crippen LogP contribution in [-0.2, 0) is 6.54 Å². The lowest BCUT2D eigenvalue weighted by Crippen LogP contribution is -2.37. The molecule has 5 rings (SSSR count). The lowest BCUT2D eigenvalue weighted by Gasteiger charge is -2.27. The molecule has 0 fully saturated rings. The zero-order valence-corrected chi connectivity index (χ0v) is 23.0. The highest BCUT2D eigenvalue weighted by Gasteiger charge is 2.29. The second-order valence-corrected chi connectivity index (χ2v) is 9.96. The number of halogens is 1. The van der Waals surface area contributed by atoms with E-state index in [0.717, 1.165) is 25.7 Å². The highest BCUT2D eigenvalue weighted by Crippen LogP contribution is 2.46. The van der Waals surface area contributed by atoms with Gasteiger partial charge in [0.15, 0.2) is 17.3 Å². The van der Waals surface area contributed by atoms with Crippen LogP contribution < -0.4 is 25.5 Å². The Morgan fingerprint density at radius 2 is 2.00 bits per heavy atom. The minimum Gasteiger partial charge on any atom is -0.497 e. The smallest absolute Gasteiger partial charge is 0.257 e. The predicted molar refractivity (Wildman–Crippen MR) is 153 cm³/mol. The number of aryl methyl sites for hydroxylation is 1. The van der Waals surface area contributed by atoms with Crippen molar-refractivity contribution in [3.05, 3.63) is 70.8 Å². The van der Waals surface area contributed by atoms with Gasteiger partial charge >= 0.3 is 0 Å². The molecule has 0 radical (unpaired) electrons. The van der Waals surface area contributed by atoms with Crippen LogP contribution in [0.4, 0.5) is 10.1 Å². The Labute approximate surface area is 231 Å². The number of amides is 1. The van der Waals surface area contributed by atoms with Crippen molar-refractivity contribution < 1.29 is 18.7 Å². The van der Waals surface area contributed by atoms with E-state index in [1.54, 1.807) is 42.4 Å². The molecule has 1 amide bonds. The van der Waals surface area contributed by atoms with Crippen molar-refractivity contribution in [2.24, 2.45) is 0 Å². The molecular weight excluding hydrogens is 513 g/mol. The number of nitrogens with one attached hydrogen (secondary N) is 2. The van der Waals surface area contributed by atoms with Crippen LogP contribution in [0.3, 0.4) is 0 Å². The number of benzene rings is 2. The van der Waals surface area contributed by atoms with E-state index in [4.69, 9.17) is 9.47 Å². The number of pyridine rings is 1. The fourth-order valence-corrected chi connectivity index (χ4v) is 5.20. The minimum absolute atomic E-state index is 0.0416. The normalized spacial score (nSPS) is 11.8. The average Bonchev–Trinajstić information content (AvgIpc) is 3.47. The van der Waals surface area contributed by atoms with Crippen LogP contribution in [0.15, 0.2) is 54.0 Å². The standard InChI is InChI=1S/C30H34FN5O4/c1-4-7-19(8-5-2)34-30(38)22-17-36-24-10-9-20(39-3)15-25(24)40-29-26(23(31)16-21(27(29)36)28(22)37)33-11-6-13-35-14-12-32-18-35/h9-10,12,14-19,33H,4-8,11,13H2,1-3H3,(H,34,38). The van der Waals surface area contributed by atoms with Gasteiger partial charge < -0.3 is 29.2 Å². The molecule has 2 N–H and O–H groups in total. The van der Waals surface area contributed by atoms with Crippen LogP contribution >= 0.6 is 0 Å². The fraction of sp³-hybridized carbons (Fsp3) is 0.367. The van der Waals surface area contributed by atoms with Gasteiger partial charge in [0.25, 0.3) is 5.91 Å². The van der Waals surface area contributed by atoms with E-state index >= 15 is 4.39 Å². The molecule has 1 aliphatic rings. The van der Waals surface area contributed by atoms with E-state index in [-0.39, 0.29) is 28.4 Å². The van der Waals surface area contributed by atoms with Crippen LogP contribution in [0, 0.1) is 5.82 Å². The van der Waals surface area contributed by atoms with Gasteiger partial charge in [0.1, 0.15) is 22.5 Å². The molecule has 1 aliphatic heterocycles. The van der Waals surface area contributed by atoms with Gasteiger partial charge in [-0.25, -0.2) is 9.37 Å². The number of fused-ring (bicyclic) bond motifs is 2. The van der Waals surface area contributed by atoms with Crippen molar-refractivity contribution >= 4 is 22.5 Å². The van der Waals surface area contributed by atoms with Gasteiger partial charge in [-0.05, 0) is 37.5 Å². The Morgan fingerprint density at radius 3 is 2.70 bits per heavy atom. The van der Waals surface area contributed by atoms with Crippen LogP contribution in [0.2, 0.25) is 0 Å². The first kappa shape index (κ1) is 27.2. The molecule has 4 aromatic rings. The quantitative estimate of drug-likeness (QED) is 0.196. The number of aromatic nitrogens is 3. The average molecular weight is 548 g/mol. The highest BCUT2D eigenvalue weighted by molar-refractivity contribution is 6.01. The molecule has 9 nitrogen and oxygen atoms in total. The third kappa shape index (κ3) is 5.25. The molecule has 0 unspecified atom stereocenters. The van der Waals surface area contributed by atoms with Crippen molar-refractivity contribution in [2.45, 2.75) is 58.5 Å². The maximum absolute atomic E-state index is 15.6. The van der Waals surface area contributed by atoms with Crippen LogP contribution in [0.5, 0.6) is 17.2 Å². The predicted octanol–water partition coefficient (Wildman–Crippen LogP) is 5.64. The maximum atomic E-state index is 15.6. The number of nitrogens with zero attached hydrogens (tertiary/aromatic N) is 3. The Hall–Kier alpha value is -4.34. The second kappa shape index (κ2) is 11.8. The van der Waals surface area contributed by atoms with E-state index in [0.29, 0.717) is 42.2 Å². The van der Waals surface area contributed by atoms with Crippen molar-refractivity contribution in [1.29, 1.82) is 0 Å². The largest absolute Gasteiger partial charge is 0.497 e. The van der Waals surface area contributed by atoms with E-state index in [2.05, 4.69) is 29.5 Å². The molecule has 2 aromatic heterocycles. The number of hydrogen-bond donors (Lipinski definition) is 2. The SMILES string of the molecule is CCCC(CCC)NC(=O)c1cn2c3c(c(NCCCn4ccnc4)c(F)cc3c1=O)Oc1cc(OC)ccc1-2. The molecule has 0 spiro atoms. The number of methoxy groups -OCH3 is 1. The summed E-state index contributed by atoms with van der Waals surface area (Å²) in [7, 11) is 1.55. The van der Waals surface area contributed by atoms with Crippen molar-refractivity contribution in [1.82, 2.24) is 19.4 Å². The lowest BCUT2D eigenvalue weighted by atomic mass is 10.0. The number of rotatable bonds is 12. The Morgan fingerprint density at radius 1 is 1.20 bits per heavy atom. The molecular formula is C30H34FN5O4. The fourth-order valence-electron chi connectivity index (χ4n) is 5.20. The number of ether oxygens (including phenoxy) is 2. The molecule has 210 valence electrons. The summed E-state index contributed by atoms with van der Waals surface area (Å²) in [5, 5.41) is 6.26. The Balaban J connectivity index is 1.59.